The SMILES string of the molecule is O=C(OCCOc1ccc(S(=O)(=O)N2CCOCC2)cc1)c1ccc2ccccc2c1O. The molecule has 3 aromatic rings. The van der Waals surface area contributed by atoms with Crippen LogP contribution in [0.15, 0.2) is 65.6 Å². The van der Waals surface area contributed by atoms with Crippen molar-refractivity contribution in [2.75, 3.05) is 39.5 Å². The molecular formula is C23H23NO7S. The van der Waals surface area contributed by atoms with Crippen molar-refractivity contribution in [2.45, 2.75) is 4.90 Å². The van der Waals surface area contributed by atoms with Gasteiger partial charge in [0.25, 0.3) is 0 Å². The lowest BCUT2D eigenvalue weighted by molar-refractivity contribution is 0.0447. The van der Waals surface area contributed by atoms with Gasteiger partial charge in [0, 0.05) is 18.5 Å². The Morgan fingerprint density at radius 2 is 1.69 bits per heavy atom. The number of esters is 1. The van der Waals surface area contributed by atoms with Gasteiger partial charge in [-0.1, -0.05) is 30.3 Å². The van der Waals surface area contributed by atoms with Gasteiger partial charge < -0.3 is 19.3 Å². The van der Waals surface area contributed by atoms with E-state index in [1.54, 1.807) is 30.3 Å². The number of aromatic hydroxyl groups is 1. The summed E-state index contributed by atoms with van der Waals surface area (Å²) in [6, 6.07) is 16.6. The second-order valence-corrected chi connectivity index (χ2v) is 9.09. The number of ether oxygens (including phenoxy) is 3. The summed E-state index contributed by atoms with van der Waals surface area (Å²) in [5, 5.41) is 11.7. The Kier molecular flexibility index (Phi) is 6.59. The first-order chi connectivity index (χ1) is 15.5. The maximum atomic E-state index is 12.6. The minimum atomic E-state index is -3.56. The van der Waals surface area contributed by atoms with Crippen LogP contribution in [0.3, 0.4) is 0 Å². The summed E-state index contributed by atoms with van der Waals surface area (Å²) < 4.78 is 42.6. The fourth-order valence-electron chi connectivity index (χ4n) is 3.44. The minimum Gasteiger partial charge on any atom is -0.506 e. The van der Waals surface area contributed by atoms with E-state index in [4.69, 9.17) is 14.2 Å². The molecule has 0 radical (unpaired) electrons. The Morgan fingerprint density at radius 1 is 0.969 bits per heavy atom. The summed E-state index contributed by atoms with van der Waals surface area (Å²) in [7, 11) is -3.56. The number of benzene rings is 3. The second-order valence-electron chi connectivity index (χ2n) is 7.16. The third-order valence-corrected chi connectivity index (χ3v) is 7.05. The van der Waals surface area contributed by atoms with Crippen molar-refractivity contribution in [1.29, 1.82) is 0 Å². The van der Waals surface area contributed by atoms with Crippen molar-refractivity contribution < 1.29 is 32.5 Å². The summed E-state index contributed by atoms with van der Waals surface area (Å²) in [5.41, 5.74) is 0.0846. The molecule has 1 N–H and O–H groups in total. The Balaban J connectivity index is 1.30. The molecule has 168 valence electrons. The van der Waals surface area contributed by atoms with Gasteiger partial charge in [-0.05, 0) is 35.7 Å². The predicted molar refractivity (Wildman–Crippen MR) is 117 cm³/mol. The number of phenolic OH excluding ortho intramolecular Hbond substituents is 1. The molecule has 0 saturated carbocycles. The summed E-state index contributed by atoms with van der Waals surface area (Å²) in [5.74, 6) is -0.314. The van der Waals surface area contributed by atoms with Gasteiger partial charge in [0.1, 0.15) is 30.3 Å². The van der Waals surface area contributed by atoms with Crippen LogP contribution in [0.5, 0.6) is 11.5 Å². The number of rotatable bonds is 7. The first kappa shape index (κ1) is 22.1. The molecule has 4 rings (SSSR count). The molecule has 1 aliphatic rings. The molecular weight excluding hydrogens is 434 g/mol. The predicted octanol–water partition coefficient (Wildman–Crippen LogP) is 2.80. The highest BCUT2D eigenvalue weighted by atomic mass is 32.2. The number of hydrogen-bond acceptors (Lipinski definition) is 7. The molecule has 8 nitrogen and oxygen atoms in total. The van der Waals surface area contributed by atoms with Crippen LogP contribution in [-0.2, 0) is 19.5 Å². The number of carbonyl (C=O) groups is 1. The van der Waals surface area contributed by atoms with E-state index in [0.717, 1.165) is 5.39 Å². The van der Waals surface area contributed by atoms with Crippen LogP contribution in [0, 0.1) is 0 Å². The number of fused-ring (bicyclic) bond motifs is 1. The summed E-state index contributed by atoms with van der Waals surface area (Å²) >= 11 is 0. The summed E-state index contributed by atoms with van der Waals surface area (Å²) in [4.78, 5) is 12.5. The van der Waals surface area contributed by atoms with Gasteiger partial charge in [-0.15, -0.1) is 0 Å². The van der Waals surface area contributed by atoms with E-state index < -0.39 is 16.0 Å². The van der Waals surface area contributed by atoms with Gasteiger partial charge in [0.2, 0.25) is 10.0 Å². The number of sulfonamides is 1. The number of hydrogen-bond donors (Lipinski definition) is 1. The smallest absolute Gasteiger partial charge is 0.342 e. The molecule has 0 spiro atoms. The Hall–Kier alpha value is -3.14. The van der Waals surface area contributed by atoms with Crippen LogP contribution < -0.4 is 4.74 Å². The topological polar surface area (TPSA) is 102 Å². The quantitative estimate of drug-likeness (QED) is 0.430. The number of phenols is 1. The van der Waals surface area contributed by atoms with Crippen LogP contribution in [0.4, 0.5) is 0 Å². The number of carbonyl (C=O) groups excluding carboxylic acids is 1. The van der Waals surface area contributed by atoms with Crippen LogP contribution in [0.2, 0.25) is 0 Å². The van der Waals surface area contributed by atoms with E-state index >= 15 is 0 Å². The highest BCUT2D eigenvalue weighted by molar-refractivity contribution is 7.89. The van der Waals surface area contributed by atoms with Gasteiger partial charge in [-0.2, -0.15) is 4.31 Å². The molecule has 0 unspecified atom stereocenters. The second kappa shape index (κ2) is 9.56. The lowest BCUT2D eigenvalue weighted by Crippen LogP contribution is -2.40. The monoisotopic (exact) mass is 457 g/mol. The van der Waals surface area contributed by atoms with Crippen LogP contribution in [-0.4, -0.2) is 63.3 Å². The van der Waals surface area contributed by atoms with E-state index in [0.29, 0.717) is 37.4 Å². The standard InChI is InChI=1S/C23H23NO7S/c25-22-20-4-2-1-3-17(20)5-10-21(22)23(26)31-16-15-30-18-6-8-19(9-7-18)32(27,28)24-11-13-29-14-12-24/h1-10,25H,11-16H2. The van der Waals surface area contributed by atoms with Crippen molar-refractivity contribution in [3.8, 4) is 11.5 Å². The first-order valence-electron chi connectivity index (χ1n) is 10.2. The Labute approximate surface area is 186 Å². The maximum absolute atomic E-state index is 12.6. The third kappa shape index (κ3) is 4.69. The molecule has 0 aliphatic carbocycles. The molecule has 0 amide bonds. The highest BCUT2D eigenvalue weighted by Gasteiger charge is 2.26. The molecule has 0 aromatic heterocycles. The highest BCUT2D eigenvalue weighted by Crippen LogP contribution is 2.29. The molecule has 1 aliphatic heterocycles. The van der Waals surface area contributed by atoms with E-state index in [2.05, 4.69) is 0 Å². The van der Waals surface area contributed by atoms with E-state index in [-0.39, 0.29) is 29.4 Å². The van der Waals surface area contributed by atoms with Gasteiger partial charge in [0.15, 0.2) is 0 Å². The molecule has 32 heavy (non-hydrogen) atoms. The molecule has 1 heterocycles. The zero-order chi connectivity index (χ0) is 22.6. The molecule has 1 saturated heterocycles. The zero-order valence-corrected chi connectivity index (χ0v) is 18.1. The average molecular weight is 458 g/mol. The lowest BCUT2D eigenvalue weighted by Gasteiger charge is -2.26. The Morgan fingerprint density at radius 3 is 2.44 bits per heavy atom. The zero-order valence-electron chi connectivity index (χ0n) is 17.3. The van der Waals surface area contributed by atoms with E-state index in [1.165, 1.54) is 22.5 Å². The van der Waals surface area contributed by atoms with Gasteiger partial charge >= 0.3 is 5.97 Å². The molecule has 0 atom stereocenters. The van der Waals surface area contributed by atoms with Crippen molar-refractivity contribution in [2.24, 2.45) is 0 Å². The van der Waals surface area contributed by atoms with Crippen LogP contribution in [0.1, 0.15) is 10.4 Å². The fourth-order valence-corrected chi connectivity index (χ4v) is 4.84. The average Bonchev–Trinajstić information content (AvgIpc) is 2.83. The Bertz CT molecular complexity index is 1200. The molecule has 9 heteroatoms. The summed E-state index contributed by atoms with van der Waals surface area (Å²) in [6.45, 7) is 1.48. The normalized spacial score (nSPS) is 14.9. The van der Waals surface area contributed by atoms with E-state index in [1.807, 2.05) is 12.1 Å². The van der Waals surface area contributed by atoms with Crippen LogP contribution in [0.25, 0.3) is 10.8 Å². The van der Waals surface area contributed by atoms with Crippen molar-refractivity contribution in [1.82, 2.24) is 4.31 Å². The van der Waals surface area contributed by atoms with E-state index in [9.17, 15) is 18.3 Å². The minimum absolute atomic E-state index is 0.0288. The lowest BCUT2D eigenvalue weighted by atomic mass is 10.1. The van der Waals surface area contributed by atoms with Gasteiger partial charge in [-0.3, -0.25) is 0 Å². The maximum Gasteiger partial charge on any atom is 0.342 e. The third-order valence-electron chi connectivity index (χ3n) is 5.14. The number of nitrogens with zero attached hydrogens (tertiary/aromatic N) is 1. The fraction of sp³-hybridized carbons (Fsp3) is 0.261. The number of morpholine rings is 1. The van der Waals surface area contributed by atoms with Gasteiger partial charge in [0.05, 0.1) is 18.1 Å². The van der Waals surface area contributed by atoms with Crippen molar-refractivity contribution in [3.63, 3.8) is 0 Å². The summed E-state index contributed by atoms with van der Waals surface area (Å²) in [6.07, 6.45) is 0. The molecule has 1 fully saturated rings. The van der Waals surface area contributed by atoms with Crippen molar-refractivity contribution >= 4 is 26.8 Å². The first-order valence-corrected chi connectivity index (χ1v) is 11.6. The molecule has 3 aromatic carbocycles. The molecule has 0 bridgehead atoms. The largest absolute Gasteiger partial charge is 0.506 e. The van der Waals surface area contributed by atoms with Crippen molar-refractivity contribution in [3.05, 3.63) is 66.2 Å². The van der Waals surface area contributed by atoms with Crippen LogP contribution >= 0.6 is 0 Å². The van der Waals surface area contributed by atoms with Gasteiger partial charge in [-0.25, -0.2) is 13.2 Å².